The van der Waals surface area contributed by atoms with Crippen molar-refractivity contribution in [2.45, 2.75) is 13.3 Å². The molecule has 0 amide bonds. The van der Waals surface area contributed by atoms with Crippen LogP contribution in [0.25, 0.3) is 5.76 Å². The van der Waals surface area contributed by atoms with Gasteiger partial charge in [0.05, 0.1) is 0 Å². The summed E-state index contributed by atoms with van der Waals surface area (Å²) in [6, 6.07) is 9.15. The number of nitrogens with one attached hydrogen (secondary N) is 1. The Morgan fingerprint density at radius 3 is 2.61 bits per heavy atom. The van der Waals surface area contributed by atoms with Gasteiger partial charge in [0.1, 0.15) is 5.76 Å². The number of aliphatic hydroxyl groups excluding tert-OH is 1. The monoisotopic (exact) mass is 243 g/mol. The topological polar surface area (TPSA) is 49.3 Å². The number of carbonyl (C=O) groups is 1. The highest BCUT2D eigenvalue weighted by atomic mass is 16.3. The number of allylic oxidation sites excluding steroid dienone is 1. The van der Waals surface area contributed by atoms with Gasteiger partial charge in [-0.2, -0.15) is 0 Å². The fourth-order valence-electron chi connectivity index (χ4n) is 1.99. The molecule has 0 fully saturated rings. The summed E-state index contributed by atoms with van der Waals surface area (Å²) >= 11 is 0. The van der Waals surface area contributed by atoms with Crippen molar-refractivity contribution in [3.05, 3.63) is 53.1 Å². The van der Waals surface area contributed by atoms with E-state index >= 15 is 0 Å². The molecule has 2 N–H and O–H groups in total. The van der Waals surface area contributed by atoms with Gasteiger partial charge in [-0.3, -0.25) is 4.79 Å². The fraction of sp³-hybridized carbons (Fsp3) is 0.267. The van der Waals surface area contributed by atoms with Crippen molar-refractivity contribution >= 4 is 11.5 Å². The summed E-state index contributed by atoms with van der Waals surface area (Å²) in [5, 5.41) is 13.3. The van der Waals surface area contributed by atoms with Gasteiger partial charge >= 0.3 is 0 Å². The Bertz CT molecular complexity index is 500. The summed E-state index contributed by atoms with van der Waals surface area (Å²) < 4.78 is 0. The molecule has 0 aromatic heterocycles. The Labute approximate surface area is 107 Å². The first-order chi connectivity index (χ1) is 8.70. The van der Waals surface area contributed by atoms with Gasteiger partial charge in [0.2, 0.25) is 0 Å². The molecule has 18 heavy (non-hydrogen) atoms. The SMILES string of the molecule is C/C(C(=O)C1=CCNCC1)=C(/O)c1ccccc1. The zero-order valence-electron chi connectivity index (χ0n) is 10.4. The smallest absolute Gasteiger partial charge is 0.188 e. The van der Waals surface area contributed by atoms with Gasteiger partial charge in [0.15, 0.2) is 5.78 Å². The number of benzene rings is 1. The van der Waals surface area contributed by atoms with Gasteiger partial charge in [-0.25, -0.2) is 0 Å². The van der Waals surface area contributed by atoms with Crippen molar-refractivity contribution in [3.63, 3.8) is 0 Å². The number of rotatable bonds is 3. The zero-order chi connectivity index (χ0) is 13.0. The Morgan fingerprint density at radius 2 is 2.00 bits per heavy atom. The average molecular weight is 243 g/mol. The molecule has 1 aromatic rings. The second-order valence-corrected chi connectivity index (χ2v) is 4.35. The standard InChI is InChI=1S/C15H17NO2/c1-11(14(17)12-5-3-2-4-6-12)15(18)13-7-9-16-10-8-13/h2-7,16-17H,8-10H2,1H3/b14-11-. The number of hydrogen-bond acceptors (Lipinski definition) is 3. The van der Waals surface area contributed by atoms with Gasteiger partial charge in [0.25, 0.3) is 0 Å². The number of carbonyl (C=O) groups excluding carboxylic acids is 1. The van der Waals surface area contributed by atoms with E-state index in [1.54, 1.807) is 19.1 Å². The van der Waals surface area contributed by atoms with Crippen LogP contribution in [0.1, 0.15) is 18.9 Å². The van der Waals surface area contributed by atoms with E-state index in [9.17, 15) is 9.90 Å². The summed E-state index contributed by atoms with van der Waals surface area (Å²) in [7, 11) is 0. The lowest BCUT2D eigenvalue weighted by atomic mass is 9.97. The van der Waals surface area contributed by atoms with Crippen LogP contribution >= 0.6 is 0 Å². The number of ketones is 1. The van der Waals surface area contributed by atoms with Gasteiger partial charge in [-0.1, -0.05) is 36.4 Å². The maximum absolute atomic E-state index is 12.2. The van der Waals surface area contributed by atoms with E-state index in [4.69, 9.17) is 0 Å². The third-order valence-electron chi connectivity index (χ3n) is 3.10. The first kappa shape index (κ1) is 12.6. The van der Waals surface area contributed by atoms with E-state index in [-0.39, 0.29) is 11.5 Å². The Morgan fingerprint density at radius 1 is 1.28 bits per heavy atom. The molecule has 1 heterocycles. The van der Waals surface area contributed by atoms with E-state index in [2.05, 4.69) is 5.32 Å². The molecule has 0 bridgehead atoms. The van der Waals surface area contributed by atoms with Crippen molar-refractivity contribution < 1.29 is 9.90 Å². The number of aliphatic hydroxyl groups is 1. The minimum atomic E-state index is -0.0575. The maximum atomic E-state index is 12.2. The number of hydrogen-bond donors (Lipinski definition) is 2. The van der Waals surface area contributed by atoms with Crippen molar-refractivity contribution in [1.29, 1.82) is 0 Å². The van der Waals surface area contributed by atoms with Crippen molar-refractivity contribution in [2.24, 2.45) is 0 Å². The van der Waals surface area contributed by atoms with Gasteiger partial charge in [-0.15, -0.1) is 0 Å². The molecule has 0 spiro atoms. The lowest BCUT2D eigenvalue weighted by Crippen LogP contribution is -2.23. The highest BCUT2D eigenvalue weighted by Crippen LogP contribution is 2.20. The van der Waals surface area contributed by atoms with Crippen LogP contribution in [-0.2, 0) is 4.79 Å². The van der Waals surface area contributed by atoms with Crippen LogP contribution in [0.5, 0.6) is 0 Å². The Kier molecular flexibility index (Phi) is 3.95. The molecule has 0 unspecified atom stereocenters. The highest BCUT2D eigenvalue weighted by molar-refractivity contribution is 6.11. The predicted octanol–water partition coefficient (Wildman–Crippen LogP) is 2.46. The quantitative estimate of drug-likeness (QED) is 0.633. The molecule has 1 aromatic carbocycles. The van der Waals surface area contributed by atoms with Crippen molar-refractivity contribution in [2.75, 3.05) is 13.1 Å². The molecule has 0 saturated heterocycles. The van der Waals surface area contributed by atoms with E-state index in [1.165, 1.54) is 0 Å². The predicted molar refractivity (Wildman–Crippen MR) is 72.2 cm³/mol. The molecule has 0 radical (unpaired) electrons. The molecule has 3 heteroatoms. The first-order valence-corrected chi connectivity index (χ1v) is 6.10. The summed E-state index contributed by atoms with van der Waals surface area (Å²) in [6.07, 6.45) is 2.62. The van der Waals surface area contributed by atoms with Crippen LogP contribution in [0.4, 0.5) is 0 Å². The third kappa shape index (κ3) is 2.68. The average Bonchev–Trinajstić information content (AvgIpc) is 2.47. The van der Waals surface area contributed by atoms with Crippen LogP contribution in [0.2, 0.25) is 0 Å². The second-order valence-electron chi connectivity index (χ2n) is 4.35. The van der Waals surface area contributed by atoms with Crippen LogP contribution < -0.4 is 5.32 Å². The summed E-state index contributed by atoms with van der Waals surface area (Å²) in [5.74, 6) is 0.0119. The third-order valence-corrected chi connectivity index (χ3v) is 3.10. The lowest BCUT2D eigenvalue weighted by molar-refractivity contribution is -0.112. The van der Waals surface area contributed by atoms with Crippen LogP contribution in [0, 0.1) is 0 Å². The number of Topliss-reactive ketones (excluding diaryl/α,β-unsaturated/α-hetero) is 1. The van der Waals surface area contributed by atoms with E-state index in [0.29, 0.717) is 11.1 Å². The molecule has 0 saturated carbocycles. The van der Waals surface area contributed by atoms with Crippen molar-refractivity contribution in [3.8, 4) is 0 Å². The van der Waals surface area contributed by atoms with Crippen LogP contribution in [0.15, 0.2) is 47.6 Å². The summed E-state index contributed by atoms with van der Waals surface area (Å²) in [6.45, 7) is 3.21. The largest absolute Gasteiger partial charge is 0.507 e. The molecular formula is C15H17NO2. The summed E-state index contributed by atoms with van der Waals surface area (Å²) in [4.78, 5) is 12.2. The van der Waals surface area contributed by atoms with E-state index < -0.39 is 0 Å². The molecule has 3 nitrogen and oxygen atoms in total. The fourth-order valence-corrected chi connectivity index (χ4v) is 1.99. The van der Waals surface area contributed by atoms with Crippen LogP contribution in [0.3, 0.4) is 0 Å². The molecule has 1 aliphatic heterocycles. The molecule has 0 aliphatic carbocycles. The van der Waals surface area contributed by atoms with Gasteiger partial charge < -0.3 is 10.4 Å². The van der Waals surface area contributed by atoms with Gasteiger partial charge in [-0.05, 0) is 25.5 Å². The molecule has 0 atom stereocenters. The Balaban J connectivity index is 2.27. The van der Waals surface area contributed by atoms with Crippen LogP contribution in [-0.4, -0.2) is 24.0 Å². The minimum absolute atomic E-state index is 0.0575. The molecule has 2 rings (SSSR count). The normalized spacial score (nSPS) is 16.8. The minimum Gasteiger partial charge on any atom is -0.507 e. The second kappa shape index (κ2) is 5.65. The maximum Gasteiger partial charge on any atom is 0.188 e. The lowest BCUT2D eigenvalue weighted by Gasteiger charge is -2.14. The summed E-state index contributed by atoms with van der Waals surface area (Å²) in [5.41, 5.74) is 1.88. The van der Waals surface area contributed by atoms with E-state index in [1.807, 2.05) is 24.3 Å². The zero-order valence-corrected chi connectivity index (χ0v) is 10.4. The molecule has 94 valence electrons. The Hall–Kier alpha value is -1.87. The first-order valence-electron chi connectivity index (χ1n) is 6.10. The molecule has 1 aliphatic rings. The van der Waals surface area contributed by atoms with Crippen molar-refractivity contribution in [1.82, 2.24) is 5.32 Å². The van der Waals surface area contributed by atoms with E-state index in [0.717, 1.165) is 25.1 Å². The molecular weight excluding hydrogens is 226 g/mol. The van der Waals surface area contributed by atoms with Gasteiger partial charge in [0, 0.05) is 17.7 Å². The highest BCUT2D eigenvalue weighted by Gasteiger charge is 2.17.